The van der Waals surface area contributed by atoms with E-state index in [4.69, 9.17) is 0 Å². The van der Waals surface area contributed by atoms with E-state index in [2.05, 4.69) is 6.92 Å². The zero-order valence-electron chi connectivity index (χ0n) is 13.1. The van der Waals surface area contributed by atoms with Gasteiger partial charge in [-0.05, 0) is 41.3 Å². The van der Waals surface area contributed by atoms with Crippen LogP contribution in [0.25, 0.3) is 10.8 Å². The maximum absolute atomic E-state index is 11.6. The minimum atomic E-state index is -4.18. The first kappa shape index (κ1) is 17.0. The highest BCUT2D eigenvalue weighted by atomic mass is 32.2. The fourth-order valence-corrected chi connectivity index (χ4v) is 3.57. The monoisotopic (exact) mass is 320 g/mol. The Bertz CT molecular complexity index is 720. The van der Waals surface area contributed by atoms with Gasteiger partial charge in [0.2, 0.25) is 0 Å². The van der Waals surface area contributed by atoms with E-state index >= 15 is 0 Å². The van der Waals surface area contributed by atoms with E-state index in [9.17, 15) is 13.0 Å². The molecule has 3 nitrogen and oxygen atoms in total. The van der Waals surface area contributed by atoms with Crippen molar-refractivity contribution in [3.8, 4) is 0 Å². The van der Waals surface area contributed by atoms with Gasteiger partial charge in [-0.3, -0.25) is 4.55 Å². The van der Waals surface area contributed by atoms with E-state index in [1.54, 1.807) is 6.07 Å². The molecule has 0 saturated heterocycles. The van der Waals surface area contributed by atoms with Gasteiger partial charge in [0.25, 0.3) is 10.1 Å². The molecular weight excluding hydrogens is 296 g/mol. The molecule has 0 aliphatic rings. The summed E-state index contributed by atoms with van der Waals surface area (Å²) in [6, 6.07) is 11.1. The second-order valence-electron chi connectivity index (χ2n) is 5.80. The van der Waals surface area contributed by atoms with Crippen LogP contribution in [0.5, 0.6) is 0 Å². The Kier molecular flexibility index (Phi) is 5.98. The largest absolute Gasteiger partial charge is 0.294 e. The van der Waals surface area contributed by atoms with Gasteiger partial charge >= 0.3 is 0 Å². The van der Waals surface area contributed by atoms with E-state index in [1.807, 2.05) is 30.3 Å². The molecule has 0 aliphatic carbocycles. The van der Waals surface area contributed by atoms with Gasteiger partial charge in [0.15, 0.2) is 0 Å². The summed E-state index contributed by atoms with van der Waals surface area (Å²) < 4.78 is 32.7. The van der Waals surface area contributed by atoms with E-state index in [1.165, 1.54) is 25.7 Å². The molecule has 0 aromatic heterocycles. The highest BCUT2D eigenvalue weighted by Crippen LogP contribution is 2.25. The first-order valence-corrected chi connectivity index (χ1v) is 9.45. The highest BCUT2D eigenvalue weighted by Gasteiger charge is 2.16. The molecule has 0 spiro atoms. The molecule has 1 N–H and O–H groups in total. The third kappa shape index (κ3) is 4.55. The summed E-state index contributed by atoms with van der Waals surface area (Å²) in [5.41, 5.74) is 0.719. The maximum Gasteiger partial charge on any atom is 0.294 e. The minimum absolute atomic E-state index is 0.0553. The number of benzene rings is 2. The molecule has 22 heavy (non-hydrogen) atoms. The average Bonchev–Trinajstić information content (AvgIpc) is 2.49. The number of unbranched alkanes of at least 4 members (excludes halogenated alkanes) is 5. The molecule has 2 aromatic rings. The van der Waals surface area contributed by atoms with E-state index in [0.717, 1.165) is 29.2 Å². The third-order valence-corrected chi connectivity index (χ3v) is 4.94. The number of fused-ring (bicyclic) bond motifs is 1. The maximum atomic E-state index is 11.6. The van der Waals surface area contributed by atoms with Crippen molar-refractivity contribution < 1.29 is 13.0 Å². The molecule has 2 aromatic carbocycles. The minimum Gasteiger partial charge on any atom is -0.282 e. The SMILES string of the molecule is CCCCCCCCc1cc2ccccc2cc1S(=O)(=O)O. The van der Waals surface area contributed by atoms with Crippen molar-refractivity contribution in [1.82, 2.24) is 0 Å². The van der Waals surface area contributed by atoms with Gasteiger partial charge in [-0.15, -0.1) is 0 Å². The van der Waals surface area contributed by atoms with Crippen molar-refractivity contribution in [1.29, 1.82) is 0 Å². The van der Waals surface area contributed by atoms with Crippen molar-refractivity contribution in [3.63, 3.8) is 0 Å². The summed E-state index contributed by atoms with van der Waals surface area (Å²) in [6.45, 7) is 2.19. The summed E-state index contributed by atoms with van der Waals surface area (Å²) in [4.78, 5) is 0.0553. The molecule has 0 saturated carbocycles. The van der Waals surface area contributed by atoms with Gasteiger partial charge in [0.05, 0.1) is 4.90 Å². The van der Waals surface area contributed by atoms with Gasteiger partial charge in [-0.1, -0.05) is 63.3 Å². The van der Waals surface area contributed by atoms with E-state index < -0.39 is 10.1 Å². The Morgan fingerprint density at radius 1 is 0.909 bits per heavy atom. The van der Waals surface area contributed by atoms with E-state index in [0.29, 0.717) is 6.42 Å². The lowest BCUT2D eigenvalue weighted by atomic mass is 10.0. The predicted molar refractivity (Wildman–Crippen MR) is 90.8 cm³/mol. The second-order valence-corrected chi connectivity index (χ2v) is 7.19. The Balaban J connectivity index is 2.16. The molecule has 0 unspecified atom stereocenters. The molecule has 0 radical (unpaired) electrons. The molecule has 0 amide bonds. The summed E-state index contributed by atoms with van der Waals surface area (Å²) in [5.74, 6) is 0. The zero-order chi connectivity index (χ0) is 16.0. The number of hydrogen-bond donors (Lipinski definition) is 1. The normalized spacial score (nSPS) is 11.9. The summed E-state index contributed by atoms with van der Waals surface area (Å²) in [5, 5.41) is 1.85. The lowest BCUT2D eigenvalue weighted by Crippen LogP contribution is -2.03. The first-order chi connectivity index (χ1) is 10.5. The average molecular weight is 320 g/mol. The molecular formula is C18H24O3S. The van der Waals surface area contributed by atoms with Crippen LogP contribution in [0, 0.1) is 0 Å². The molecule has 2 rings (SSSR count). The Labute approximate surface area is 133 Å². The molecule has 0 bridgehead atoms. The lowest BCUT2D eigenvalue weighted by Gasteiger charge is -2.09. The zero-order valence-corrected chi connectivity index (χ0v) is 13.9. The van der Waals surface area contributed by atoms with Crippen LogP contribution in [-0.2, 0) is 16.5 Å². The van der Waals surface area contributed by atoms with Gasteiger partial charge in [0.1, 0.15) is 0 Å². The van der Waals surface area contributed by atoms with Gasteiger partial charge < -0.3 is 0 Å². The highest BCUT2D eigenvalue weighted by molar-refractivity contribution is 7.85. The van der Waals surface area contributed by atoms with Crippen LogP contribution in [0.4, 0.5) is 0 Å². The smallest absolute Gasteiger partial charge is 0.282 e. The van der Waals surface area contributed by atoms with Crippen molar-refractivity contribution in [2.24, 2.45) is 0 Å². The number of hydrogen-bond acceptors (Lipinski definition) is 2. The first-order valence-electron chi connectivity index (χ1n) is 8.01. The van der Waals surface area contributed by atoms with Gasteiger partial charge in [-0.25, -0.2) is 0 Å². The van der Waals surface area contributed by atoms with Crippen LogP contribution in [0.15, 0.2) is 41.3 Å². The topological polar surface area (TPSA) is 54.4 Å². The molecule has 4 heteroatoms. The third-order valence-electron chi connectivity index (χ3n) is 4.01. The molecule has 0 atom stereocenters. The van der Waals surface area contributed by atoms with Gasteiger partial charge in [-0.2, -0.15) is 8.42 Å². The van der Waals surface area contributed by atoms with Crippen LogP contribution in [0.2, 0.25) is 0 Å². The van der Waals surface area contributed by atoms with Crippen LogP contribution >= 0.6 is 0 Å². The summed E-state index contributed by atoms with van der Waals surface area (Å²) in [6.07, 6.45) is 7.63. The fraction of sp³-hybridized carbons (Fsp3) is 0.444. The molecule has 0 fully saturated rings. The summed E-state index contributed by atoms with van der Waals surface area (Å²) >= 11 is 0. The van der Waals surface area contributed by atoms with E-state index in [-0.39, 0.29) is 4.90 Å². The Morgan fingerprint density at radius 2 is 1.50 bits per heavy atom. The lowest BCUT2D eigenvalue weighted by molar-refractivity contribution is 0.482. The van der Waals surface area contributed by atoms with Crippen LogP contribution in [-0.4, -0.2) is 13.0 Å². The quantitative estimate of drug-likeness (QED) is 0.550. The number of rotatable bonds is 8. The molecule has 0 aliphatic heterocycles. The van der Waals surface area contributed by atoms with Crippen molar-refractivity contribution in [3.05, 3.63) is 42.0 Å². The molecule has 120 valence electrons. The predicted octanol–water partition coefficient (Wildman–Crippen LogP) is 4.99. The number of aryl methyl sites for hydroxylation is 1. The van der Waals surface area contributed by atoms with Crippen LogP contribution in [0.1, 0.15) is 51.0 Å². The van der Waals surface area contributed by atoms with Crippen molar-refractivity contribution in [2.45, 2.75) is 56.8 Å². The van der Waals surface area contributed by atoms with Gasteiger partial charge in [0, 0.05) is 0 Å². The summed E-state index contributed by atoms with van der Waals surface area (Å²) in [7, 11) is -4.18. The molecule has 0 heterocycles. The fourth-order valence-electron chi connectivity index (χ4n) is 2.80. The van der Waals surface area contributed by atoms with Crippen LogP contribution in [0.3, 0.4) is 0 Å². The van der Waals surface area contributed by atoms with Crippen molar-refractivity contribution in [2.75, 3.05) is 0 Å². The van der Waals surface area contributed by atoms with Crippen molar-refractivity contribution >= 4 is 20.9 Å². The standard InChI is InChI=1S/C18H24O3S/c1-2-3-4-5-6-7-12-17-13-15-10-8-9-11-16(15)14-18(17)22(19,20)21/h8-11,13-14H,2-7,12H2,1H3,(H,19,20,21). The Morgan fingerprint density at radius 3 is 2.14 bits per heavy atom. The Hall–Kier alpha value is -1.39. The van der Waals surface area contributed by atoms with Crippen LogP contribution < -0.4 is 0 Å². The second kappa shape index (κ2) is 7.75.